The molecular weight excluding hydrogens is 490 g/mol. The van der Waals surface area contributed by atoms with E-state index in [1.165, 1.54) is 22.9 Å². The minimum absolute atomic E-state index is 0.155. The number of benzene rings is 4. The van der Waals surface area contributed by atoms with Gasteiger partial charge in [-0.3, -0.25) is 9.36 Å². The molecule has 0 aliphatic heterocycles. The van der Waals surface area contributed by atoms with E-state index in [0.717, 1.165) is 33.8 Å². The Labute approximate surface area is 226 Å². The normalized spacial score (nSPS) is 11.1. The summed E-state index contributed by atoms with van der Waals surface area (Å²) in [6, 6.07) is 34.6. The maximum absolute atomic E-state index is 12.5. The molecule has 1 heterocycles. The Hall–Kier alpha value is -4.49. The smallest absolute Gasteiger partial charge is 0.250 e. The van der Waals surface area contributed by atoms with Crippen LogP contribution in [0.4, 0.5) is 0 Å². The van der Waals surface area contributed by atoms with Gasteiger partial charge in [-0.05, 0) is 42.7 Å². The molecule has 6 nitrogen and oxygen atoms in total. The van der Waals surface area contributed by atoms with Crippen molar-refractivity contribution in [1.29, 1.82) is 0 Å². The number of aromatic nitrogens is 3. The molecule has 1 aromatic heterocycles. The van der Waals surface area contributed by atoms with Crippen LogP contribution in [0.15, 0.2) is 113 Å². The second-order valence-corrected chi connectivity index (χ2v) is 9.86. The lowest BCUT2D eigenvalue weighted by molar-refractivity contribution is -0.118. The summed E-state index contributed by atoms with van der Waals surface area (Å²) in [5.41, 5.74) is 10.0. The molecule has 1 amide bonds. The second kappa shape index (κ2) is 11.7. The van der Waals surface area contributed by atoms with Crippen LogP contribution in [0.2, 0.25) is 0 Å². The van der Waals surface area contributed by atoms with Crippen molar-refractivity contribution in [2.45, 2.75) is 19.0 Å². The van der Waals surface area contributed by atoms with E-state index >= 15 is 0 Å². The lowest BCUT2D eigenvalue weighted by atomic mass is 10.0. The fourth-order valence-electron chi connectivity index (χ4n) is 3.91. The fourth-order valence-corrected chi connectivity index (χ4v) is 4.66. The van der Waals surface area contributed by atoms with Crippen molar-refractivity contribution in [3.05, 3.63) is 120 Å². The third-order valence-electron chi connectivity index (χ3n) is 5.99. The Balaban J connectivity index is 1.25. The van der Waals surface area contributed by atoms with E-state index in [1.807, 2.05) is 71.3 Å². The van der Waals surface area contributed by atoms with Crippen LogP contribution in [0, 0.1) is 13.8 Å². The average Bonchev–Trinajstić information content (AvgIpc) is 3.37. The molecule has 0 aliphatic rings. The molecular formula is C31H27N5OS. The maximum Gasteiger partial charge on any atom is 0.250 e. The highest BCUT2D eigenvalue weighted by Gasteiger charge is 2.17. The first kappa shape index (κ1) is 25.2. The van der Waals surface area contributed by atoms with E-state index in [1.54, 1.807) is 6.21 Å². The first-order valence-corrected chi connectivity index (χ1v) is 13.2. The first-order valence-electron chi connectivity index (χ1n) is 12.3. The molecule has 7 heteroatoms. The summed E-state index contributed by atoms with van der Waals surface area (Å²) in [6.45, 7) is 4.10. The summed E-state index contributed by atoms with van der Waals surface area (Å²) in [4.78, 5) is 12.5. The van der Waals surface area contributed by atoms with Crippen molar-refractivity contribution in [1.82, 2.24) is 20.2 Å². The number of hydrazone groups is 1. The highest BCUT2D eigenvalue weighted by atomic mass is 32.2. The minimum Gasteiger partial charge on any atom is -0.272 e. The summed E-state index contributed by atoms with van der Waals surface area (Å²) in [6.07, 6.45) is 1.64. The number of carbonyl (C=O) groups excluding carboxylic acids is 1. The van der Waals surface area contributed by atoms with Gasteiger partial charge in [0.25, 0.3) is 5.91 Å². The van der Waals surface area contributed by atoms with Gasteiger partial charge in [0, 0.05) is 11.3 Å². The number of hydrogen-bond donors (Lipinski definition) is 1. The van der Waals surface area contributed by atoms with Crippen LogP contribution in [0.5, 0.6) is 0 Å². The predicted octanol–water partition coefficient (Wildman–Crippen LogP) is 6.46. The maximum atomic E-state index is 12.5. The molecule has 0 fully saturated rings. The first-order chi connectivity index (χ1) is 18.6. The highest BCUT2D eigenvalue weighted by Crippen LogP contribution is 2.28. The van der Waals surface area contributed by atoms with Crippen LogP contribution < -0.4 is 5.43 Å². The van der Waals surface area contributed by atoms with Gasteiger partial charge in [-0.1, -0.05) is 114 Å². The van der Waals surface area contributed by atoms with Gasteiger partial charge in [0.1, 0.15) is 0 Å². The number of thioether (sulfide) groups is 1. The van der Waals surface area contributed by atoms with Gasteiger partial charge < -0.3 is 0 Å². The van der Waals surface area contributed by atoms with Crippen molar-refractivity contribution in [3.63, 3.8) is 0 Å². The van der Waals surface area contributed by atoms with Crippen LogP contribution in [0.25, 0.3) is 28.2 Å². The number of nitrogens with one attached hydrogen (secondary N) is 1. The predicted molar refractivity (Wildman–Crippen MR) is 155 cm³/mol. The van der Waals surface area contributed by atoms with Gasteiger partial charge in [0.15, 0.2) is 11.0 Å². The van der Waals surface area contributed by atoms with Crippen molar-refractivity contribution in [2.24, 2.45) is 5.10 Å². The molecule has 0 unspecified atom stereocenters. The quantitative estimate of drug-likeness (QED) is 0.146. The topological polar surface area (TPSA) is 72.2 Å². The summed E-state index contributed by atoms with van der Waals surface area (Å²) in [5, 5.41) is 13.6. The molecule has 0 spiro atoms. The Morgan fingerprint density at radius 1 is 0.789 bits per heavy atom. The van der Waals surface area contributed by atoms with Crippen LogP contribution in [0.1, 0.15) is 16.7 Å². The van der Waals surface area contributed by atoms with E-state index in [0.29, 0.717) is 5.16 Å². The van der Waals surface area contributed by atoms with Gasteiger partial charge in [-0.15, -0.1) is 10.2 Å². The molecule has 38 heavy (non-hydrogen) atoms. The molecule has 0 saturated heterocycles. The standard InChI is InChI=1S/C31H27N5OS/c1-22-8-14-27(15-9-22)30-34-35-31(36(30)28-18-10-23(2)11-19-28)38-21-29(37)33-32-20-24-12-16-26(17-13-24)25-6-4-3-5-7-25/h3-20H,21H2,1-2H3,(H,33,37)/b32-20-. The number of amides is 1. The van der Waals surface area contributed by atoms with Crippen LogP contribution in [0.3, 0.4) is 0 Å². The number of hydrogen-bond acceptors (Lipinski definition) is 5. The van der Waals surface area contributed by atoms with Gasteiger partial charge in [0.05, 0.1) is 12.0 Å². The third kappa shape index (κ3) is 6.07. The molecule has 5 rings (SSSR count). The lowest BCUT2D eigenvalue weighted by Crippen LogP contribution is -2.20. The lowest BCUT2D eigenvalue weighted by Gasteiger charge is -2.11. The van der Waals surface area contributed by atoms with Crippen molar-refractivity contribution in [2.75, 3.05) is 5.75 Å². The monoisotopic (exact) mass is 517 g/mol. The highest BCUT2D eigenvalue weighted by molar-refractivity contribution is 7.99. The molecule has 1 N–H and O–H groups in total. The molecule has 0 aliphatic carbocycles. The Bertz CT molecular complexity index is 1540. The average molecular weight is 518 g/mol. The van der Waals surface area contributed by atoms with E-state index in [-0.39, 0.29) is 11.7 Å². The zero-order valence-electron chi connectivity index (χ0n) is 21.2. The van der Waals surface area contributed by atoms with Gasteiger partial charge in [0.2, 0.25) is 0 Å². The van der Waals surface area contributed by atoms with Crippen LogP contribution in [-0.2, 0) is 4.79 Å². The van der Waals surface area contributed by atoms with E-state index < -0.39 is 0 Å². The number of nitrogens with zero attached hydrogens (tertiary/aromatic N) is 4. The van der Waals surface area contributed by atoms with Crippen molar-refractivity contribution >= 4 is 23.9 Å². The summed E-state index contributed by atoms with van der Waals surface area (Å²) in [7, 11) is 0. The molecule has 4 aromatic carbocycles. The molecule has 0 bridgehead atoms. The van der Waals surface area contributed by atoms with Gasteiger partial charge >= 0.3 is 0 Å². The molecule has 188 valence electrons. The summed E-state index contributed by atoms with van der Waals surface area (Å²) >= 11 is 1.32. The Kier molecular flexibility index (Phi) is 7.75. The summed E-state index contributed by atoms with van der Waals surface area (Å²) < 4.78 is 1.99. The van der Waals surface area contributed by atoms with Gasteiger partial charge in [-0.25, -0.2) is 5.43 Å². The Morgan fingerprint density at radius 3 is 2.08 bits per heavy atom. The fraction of sp³-hybridized carbons (Fsp3) is 0.0968. The van der Waals surface area contributed by atoms with E-state index in [4.69, 9.17) is 0 Å². The van der Waals surface area contributed by atoms with Crippen molar-refractivity contribution < 1.29 is 4.79 Å². The zero-order chi connectivity index (χ0) is 26.3. The number of aryl methyl sites for hydroxylation is 2. The van der Waals surface area contributed by atoms with Gasteiger partial charge in [-0.2, -0.15) is 5.10 Å². The SMILES string of the molecule is Cc1ccc(-c2nnc(SCC(=O)N/N=C\c3ccc(-c4ccccc4)cc3)n2-c2ccc(C)cc2)cc1. The number of carbonyl (C=O) groups is 1. The van der Waals surface area contributed by atoms with Crippen molar-refractivity contribution in [3.8, 4) is 28.2 Å². The Morgan fingerprint density at radius 2 is 1.39 bits per heavy atom. The zero-order valence-corrected chi connectivity index (χ0v) is 22.0. The third-order valence-corrected chi connectivity index (χ3v) is 6.92. The van der Waals surface area contributed by atoms with Crippen LogP contribution >= 0.6 is 11.8 Å². The minimum atomic E-state index is -0.220. The largest absolute Gasteiger partial charge is 0.272 e. The van der Waals surface area contributed by atoms with E-state index in [2.05, 4.69) is 71.0 Å². The molecule has 0 saturated carbocycles. The number of rotatable bonds is 8. The summed E-state index contributed by atoms with van der Waals surface area (Å²) in [5.74, 6) is 0.665. The molecule has 0 radical (unpaired) electrons. The van der Waals surface area contributed by atoms with E-state index in [9.17, 15) is 4.79 Å². The second-order valence-electron chi connectivity index (χ2n) is 8.91. The van der Waals surface area contributed by atoms with Crippen LogP contribution in [-0.4, -0.2) is 32.6 Å². The molecule has 0 atom stereocenters. The molecule has 5 aromatic rings.